The van der Waals surface area contributed by atoms with Gasteiger partial charge in [-0.1, -0.05) is 18.2 Å². The molecule has 0 spiro atoms. The number of rotatable bonds is 5. The highest BCUT2D eigenvalue weighted by molar-refractivity contribution is 7.99. The van der Waals surface area contributed by atoms with Gasteiger partial charge in [-0.15, -0.1) is 0 Å². The van der Waals surface area contributed by atoms with Gasteiger partial charge in [0.05, 0.1) is 0 Å². The van der Waals surface area contributed by atoms with E-state index in [9.17, 15) is 14.7 Å². The summed E-state index contributed by atoms with van der Waals surface area (Å²) in [7, 11) is 0. The molecule has 2 rings (SSSR count). The van der Waals surface area contributed by atoms with Gasteiger partial charge in [-0.2, -0.15) is 11.8 Å². The SMILES string of the molecule is Cc1cccc(C)c1OCC(=O)NC1(C(=O)O)CCSC1. The number of para-hydroxylation sites is 1. The maximum atomic E-state index is 12.0. The van der Waals surface area contributed by atoms with Crippen LogP contribution in [0.2, 0.25) is 0 Å². The zero-order chi connectivity index (χ0) is 15.5. The Balaban J connectivity index is 1.98. The molecule has 0 bridgehead atoms. The lowest BCUT2D eigenvalue weighted by Crippen LogP contribution is -2.55. The van der Waals surface area contributed by atoms with E-state index in [0.29, 0.717) is 17.9 Å². The molecule has 2 N–H and O–H groups in total. The Morgan fingerprint density at radius 2 is 2.05 bits per heavy atom. The van der Waals surface area contributed by atoms with Crippen molar-refractivity contribution in [3.05, 3.63) is 29.3 Å². The van der Waals surface area contributed by atoms with Gasteiger partial charge in [0.25, 0.3) is 5.91 Å². The predicted octanol–water partition coefficient (Wildman–Crippen LogP) is 1.76. The standard InChI is InChI=1S/C15H19NO4S/c1-10-4-3-5-11(2)13(10)20-8-12(17)16-15(14(18)19)6-7-21-9-15/h3-5H,6-9H2,1-2H3,(H,16,17)(H,18,19). The lowest BCUT2D eigenvalue weighted by Gasteiger charge is -2.24. The van der Waals surface area contributed by atoms with Gasteiger partial charge < -0.3 is 15.2 Å². The van der Waals surface area contributed by atoms with Gasteiger partial charge in [-0.25, -0.2) is 4.79 Å². The highest BCUT2D eigenvalue weighted by Crippen LogP contribution is 2.28. The number of aliphatic carboxylic acids is 1. The molecule has 114 valence electrons. The fraction of sp³-hybridized carbons (Fsp3) is 0.467. The van der Waals surface area contributed by atoms with Crippen molar-refractivity contribution in [1.29, 1.82) is 0 Å². The fourth-order valence-electron chi connectivity index (χ4n) is 2.35. The van der Waals surface area contributed by atoms with Crippen molar-refractivity contribution >= 4 is 23.6 Å². The van der Waals surface area contributed by atoms with E-state index in [1.54, 1.807) is 0 Å². The van der Waals surface area contributed by atoms with E-state index >= 15 is 0 Å². The largest absolute Gasteiger partial charge is 0.483 e. The van der Waals surface area contributed by atoms with Crippen molar-refractivity contribution in [3.8, 4) is 5.75 Å². The molecule has 1 heterocycles. The van der Waals surface area contributed by atoms with Crippen LogP contribution in [0.4, 0.5) is 0 Å². The van der Waals surface area contributed by atoms with Crippen molar-refractivity contribution in [3.63, 3.8) is 0 Å². The van der Waals surface area contributed by atoms with E-state index in [4.69, 9.17) is 4.74 Å². The summed E-state index contributed by atoms with van der Waals surface area (Å²) in [5, 5.41) is 11.9. The van der Waals surface area contributed by atoms with Crippen LogP contribution in [0.15, 0.2) is 18.2 Å². The predicted molar refractivity (Wildman–Crippen MR) is 81.9 cm³/mol. The lowest BCUT2D eigenvalue weighted by molar-refractivity contribution is -0.146. The zero-order valence-electron chi connectivity index (χ0n) is 12.1. The van der Waals surface area contributed by atoms with Crippen LogP contribution in [-0.2, 0) is 9.59 Å². The second-order valence-corrected chi connectivity index (χ2v) is 6.35. The van der Waals surface area contributed by atoms with Gasteiger partial charge in [0.2, 0.25) is 0 Å². The first-order valence-electron chi connectivity index (χ1n) is 6.76. The van der Waals surface area contributed by atoms with Crippen molar-refractivity contribution in [2.75, 3.05) is 18.1 Å². The highest BCUT2D eigenvalue weighted by atomic mass is 32.2. The quantitative estimate of drug-likeness (QED) is 0.867. The van der Waals surface area contributed by atoms with Crippen molar-refractivity contribution < 1.29 is 19.4 Å². The molecule has 6 heteroatoms. The zero-order valence-corrected chi connectivity index (χ0v) is 13.0. The van der Waals surface area contributed by atoms with E-state index in [1.165, 1.54) is 11.8 Å². The van der Waals surface area contributed by atoms with Gasteiger partial charge in [0, 0.05) is 5.75 Å². The van der Waals surface area contributed by atoms with Gasteiger partial charge in [0.1, 0.15) is 11.3 Å². The Hall–Kier alpha value is -1.69. The number of ether oxygens (including phenoxy) is 1. The Morgan fingerprint density at radius 1 is 1.38 bits per heavy atom. The molecular formula is C15H19NO4S. The van der Waals surface area contributed by atoms with Crippen LogP contribution in [0.25, 0.3) is 0 Å². The second kappa shape index (κ2) is 6.39. The molecule has 21 heavy (non-hydrogen) atoms. The number of amides is 1. The van der Waals surface area contributed by atoms with Gasteiger partial charge in [-0.3, -0.25) is 4.79 Å². The highest BCUT2D eigenvalue weighted by Gasteiger charge is 2.43. The smallest absolute Gasteiger partial charge is 0.330 e. The minimum absolute atomic E-state index is 0.175. The molecule has 5 nitrogen and oxygen atoms in total. The molecule has 1 atom stereocenters. The van der Waals surface area contributed by atoms with E-state index in [1.807, 2.05) is 32.0 Å². The first-order valence-corrected chi connectivity index (χ1v) is 7.91. The van der Waals surface area contributed by atoms with E-state index < -0.39 is 17.4 Å². The number of carboxylic acids is 1. The number of carboxylic acid groups (broad SMARTS) is 1. The molecule has 1 aliphatic rings. The maximum Gasteiger partial charge on any atom is 0.330 e. The Bertz CT molecular complexity index is 532. The summed E-state index contributed by atoms with van der Waals surface area (Å²) in [4.78, 5) is 23.4. The van der Waals surface area contributed by atoms with Crippen LogP contribution >= 0.6 is 11.8 Å². The number of hydrogen-bond acceptors (Lipinski definition) is 4. The minimum Gasteiger partial charge on any atom is -0.483 e. The van der Waals surface area contributed by atoms with E-state index in [2.05, 4.69) is 5.32 Å². The van der Waals surface area contributed by atoms with Gasteiger partial charge in [0.15, 0.2) is 6.61 Å². The van der Waals surface area contributed by atoms with Crippen LogP contribution in [0, 0.1) is 13.8 Å². The van der Waals surface area contributed by atoms with Crippen molar-refractivity contribution in [2.45, 2.75) is 25.8 Å². The molecule has 0 radical (unpaired) electrons. The third-order valence-corrected chi connectivity index (χ3v) is 4.76. The molecule has 1 amide bonds. The molecule has 1 aromatic carbocycles. The van der Waals surface area contributed by atoms with Crippen LogP contribution in [0.1, 0.15) is 17.5 Å². The average molecular weight is 309 g/mol. The third-order valence-electron chi connectivity index (χ3n) is 3.57. The Labute approximate surface area is 128 Å². The van der Waals surface area contributed by atoms with Crippen LogP contribution in [-0.4, -0.2) is 40.6 Å². The van der Waals surface area contributed by atoms with E-state index in [0.717, 1.165) is 16.9 Å². The number of carbonyl (C=O) groups excluding carboxylic acids is 1. The summed E-state index contributed by atoms with van der Waals surface area (Å²) >= 11 is 1.53. The molecule has 0 saturated carbocycles. The summed E-state index contributed by atoms with van der Waals surface area (Å²) in [6.45, 7) is 3.64. The topological polar surface area (TPSA) is 75.6 Å². The number of aryl methyl sites for hydroxylation is 2. The minimum atomic E-state index is -1.15. The summed E-state index contributed by atoms with van der Waals surface area (Å²) in [6.07, 6.45) is 0.447. The second-order valence-electron chi connectivity index (χ2n) is 5.25. The molecule has 1 unspecified atom stereocenters. The third kappa shape index (κ3) is 3.50. The molecule has 0 aromatic heterocycles. The molecule has 1 aromatic rings. The van der Waals surface area contributed by atoms with E-state index in [-0.39, 0.29) is 6.61 Å². The summed E-state index contributed by atoms with van der Waals surface area (Å²) in [5.74, 6) is 0.440. The number of nitrogens with one attached hydrogen (secondary N) is 1. The summed E-state index contributed by atoms with van der Waals surface area (Å²) in [5.41, 5.74) is 0.755. The van der Waals surface area contributed by atoms with Crippen LogP contribution < -0.4 is 10.1 Å². The number of benzene rings is 1. The maximum absolute atomic E-state index is 12.0. The fourth-order valence-corrected chi connectivity index (χ4v) is 3.68. The lowest BCUT2D eigenvalue weighted by atomic mass is 9.99. The molecule has 0 aliphatic carbocycles. The van der Waals surface area contributed by atoms with Crippen molar-refractivity contribution in [1.82, 2.24) is 5.32 Å². The number of hydrogen-bond donors (Lipinski definition) is 2. The van der Waals surface area contributed by atoms with Gasteiger partial charge >= 0.3 is 5.97 Å². The summed E-state index contributed by atoms with van der Waals surface area (Å²) in [6, 6.07) is 5.74. The summed E-state index contributed by atoms with van der Waals surface area (Å²) < 4.78 is 5.55. The van der Waals surface area contributed by atoms with Crippen LogP contribution in [0.5, 0.6) is 5.75 Å². The first kappa shape index (κ1) is 15.7. The average Bonchev–Trinajstić information content (AvgIpc) is 2.88. The van der Waals surface area contributed by atoms with Gasteiger partial charge in [-0.05, 0) is 37.1 Å². The Kier molecular flexibility index (Phi) is 4.77. The van der Waals surface area contributed by atoms with Crippen molar-refractivity contribution in [2.24, 2.45) is 0 Å². The van der Waals surface area contributed by atoms with Crippen LogP contribution in [0.3, 0.4) is 0 Å². The monoisotopic (exact) mass is 309 g/mol. The molecule has 1 saturated heterocycles. The first-order chi connectivity index (χ1) is 9.94. The normalized spacial score (nSPS) is 21.0. The Morgan fingerprint density at radius 3 is 2.57 bits per heavy atom. The number of thioether (sulfide) groups is 1. The molecular weight excluding hydrogens is 290 g/mol. The molecule has 1 aliphatic heterocycles. The molecule has 1 fully saturated rings. The number of carbonyl (C=O) groups is 2.